The van der Waals surface area contributed by atoms with Crippen molar-refractivity contribution in [2.24, 2.45) is 0 Å². The number of rotatable bonds is 4. The van der Waals surface area contributed by atoms with Crippen molar-refractivity contribution in [3.05, 3.63) is 59.2 Å². The summed E-state index contributed by atoms with van der Waals surface area (Å²) in [5.74, 6) is 0.324. The standard InChI is InChI=1S/C21H24N2O4/c1-22(13-15-7-5-4-6-8-15)20(24)21(25)23-10-9-16-11-18(26-2)19(27-3)12-17(16)14-23/h4-8,11-12H,9-10,13-14H2,1-3H3. The summed E-state index contributed by atoms with van der Waals surface area (Å²) in [5.41, 5.74) is 3.08. The van der Waals surface area contributed by atoms with Crippen molar-refractivity contribution in [2.45, 2.75) is 19.5 Å². The molecule has 1 aliphatic rings. The van der Waals surface area contributed by atoms with Crippen molar-refractivity contribution in [2.75, 3.05) is 27.8 Å². The van der Waals surface area contributed by atoms with Crippen molar-refractivity contribution in [3.63, 3.8) is 0 Å². The molecule has 0 saturated carbocycles. The second-order valence-electron chi connectivity index (χ2n) is 6.60. The number of likely N-dealkylation sites (N-methyl/N-ethyl adjacent to an activating group) is 1. The van der Waals surface area contributed by atoms with E-state index < -0.39 is 11.8 Å². The first-order valence-corrected chi connectivity index (χ1v) is 8.85. The van der Waals surface area contributed by atoms with Gasteiger partial charge < -0.3 is 19.3 Å². The summed E-state index contributed by atoms with van der Waals surface area (Å²) in [6.07, 6.45) is 0.678. The first-order valence-electron chi connectivity index (χ1n) is 8.85. The molecule has 0 aliphatic carbocycles. The number of nitrogens with zero attached hydrogens (tertiary/aromatic N) is 2. The smallest absolute Gasteiger partial charge is 0.312 e. The maximum Gasteiger partial charge on any atom is 0.312 e. The van der Waals surface area contributed by atoms with Crippen molar-refractivity contribution in [3.8, 4) is 11.5 Å². The fourth-order valence-corrected chi connectivity index (χ4v) is 3.28. The Labute approximate surface area is 159 Å². The molecular weight excluding hydrogens is 344 g/mol. The summed E-state index contributed by atoms with van der Waals surface area (Å²) in [6.45, 7) is 1.30. The van der Waals surface area contributed by atoms with Crippen molar-refractivity contribution in [1.82, 2.24) is 9.80 Å². The monoisotopic (exact) mass is 368 g/mol. The van der Waals surface area contributed by atoms with Gasteiger partial charge in [0.15, 0.2) is 11.5 Å². The second-order valence-corrected chi connectivity index (χ2v) is 6.60. The normalized spacial score (nSPS) is 12.9. The molecular formula is C21H24N2O4. The fraction of sp³-hybridized carbons (Fsp3) is 0.333. The topological polar surface area (TPSA) is 59.1 Å². The van der Waals surface area contributed by atoms with Crippen LogP contribution < -0.4 is 9.47 Å². The van der Waals surface area contributed by atoms with E-state index in [-0.39, 0.29) is 0 Å². The van der Waals surface area contributed by atoms with E-state index in [1.54, 1.807) is 26.2 Å². The molecule has 1 aliphatic heterocycles. The van der Waals surface area contributed by atoms with Gasteiger partial charge in [-0.15, -0.1) is 0 Å². The first kappa shape index (κ1) is 18.8. The van der Waals surface area contributed by atoms with Gasteiger partial charge in [0.2, 0.25) is 0 Å². The zero-order valence-corrected chi connectivity index (χ0v) is 15.9. The lowest BCUT2D eigenvalue weighted by Crippen LogP contribution is -2.45. The largest absolute Gasteiger partial charge is 0.493 e. The number of carbonyl (C=O) groups excluding carboxylic acids is 2. The van der Waals surface area contributed by atoms with E-state index in [4.69, 9.17) is 9.47 Å². The van der Waals surface area contributed by atoms with Crippen LogP contribution in [0.4, 0.5) is 0 Å². The number of benzene rings is 2. The number of hydrogen-bond donors (Lipinski definition) is 0. The molecule has 0 atom stereocenters. The zero-order valence-electron chi connectivity index (χ0n) is 15.9. The fourth-order valence-electron chi connectivity index (χ4n) is 3.28. The van der Waals surface area contributed by atoms with Crippen LogP contribution in [-0.2, 0) is 29.1 Å². The van der Waals surface area contributed by atoms with Gasteiger partial charge in [-0.1, -0.05) is 30.3 Å². The minimum atomic E-state index is -0.497. The predicted molar refractivity (Wildman–Crippen MR) is 102 cm³/mol. The molecule has 0 spiro atoms. The number of amides is 2. The SMILES string of the molecule is COc1cc2c(cc1OC)CN(C(=O)C(=O)N(C)Cc1ccccc1)CC2. The number of carbonyl (C=O) groups is 2. The third-order valence-corrected chi connectivity index (χ3v) is 4.80. The predicted octanol–water partition coefficient (Wildman–Crippen LogP) is 2.25. The summed E-state index contributed by atoms with van der Waals surface area (Å²) in [4.78, 5) is 28.3. The van der Waals surface area contributed by atoms with Gasteiger partial charge in [-0.3, -0.25) is 9.59 Å². The van der Waals surface area contributed by atoms with Gasteiger partial charge in [-0.2, -0.15) is 0 Å². The average molecular weight is 368 g/mol. The Morgan fingerprint density at radius 1 is 1.04 bits per heavy atom. The van der Waals surface area contributed by atoms with Crippen LogP contribution in [0.3, 0.4) is 0 Å². The molecule has 6 heteroatoms. The summed E-state index contributed by atoms with van der Waals surface area (Å²) < 4.78 is 10.7. The van der Waals surface area contributed by atoms with Crippen LogP contribution in [0.5, 0.6) is 11.5 Å². The Balaban J connectivity index is 1.70. The number of hydrogen-bond acceptors (Lipinski definition) is 4. The highest BCUT2D eigenvalue weighted by Crippen LogP contribution is 2.33. The van der Waals surface area contributed by atoms with E-state index in [1.165, 1.54) is 4.90 Å². The van der Waals surface area contributed by atoms with E-state index in [0.717, 1.165) is 16.7 Å². The molecule has 0 saturated heterocycles. The second kappa shape index (κ2) is 8.12. The molecule has 0 N–H and O–H groups in total. The molecule has 0 radical (unpaired) electrons. The van der Waals surface area contributed by atoms with Crippen LogP contribution in [0.25, 0.3) is 0 Å². The molecule has 0 bridgehead atoms. The van der Waals surface area contributed by atoms with E-state index >= 15 is 0 Å². The molecule has 142 valence electrons. The Morgan fingerprint density at radius 2 is 1.67 bits per heavy atom. The molecule has 2 aromatic carbocycles. The molecule has 6 nitrogen and oxygen atoms in total. The average Bonchev–Trinajstić information content (AvgIpc) is 2.71. The van der Waals surface area contributed by atoms with Crippen LogP contribution in [0.15, 0.2) is 42.5 Å². The quantitative estimate of drug-likeness (QED) is 0.777. The van der Waals surface area contributed by atoms with Gasteiger partial charge in [0.05, 0.1) is 14.2 Å². The molecule has 2 aromatic rings. The maximum absolute atomic E-state index is 12.7. The Hall–Kier alpha value is -3.02. The van der Waals surface area contributed by atoms with Crippen LogP contribution >= 0.6 is 0 Å². The molecule has 3 rings (SSSR count). The molecule has 1 heterocycles. The highest BCUT2D eigenvalue weighted by Gasteiger charge is 2.29. The molecule has 0 aromatic heterocycles. The lowest BCUT2D eigenvalue weighted by atomic mass is 9.98. The van der Waals surface area contributed by atoms with Gasteiger partial charge in [0.25, 0.3) is 0 Å². The minimum absolute atomic E-state index is 0.388. The molecule has 27 heavy (non-hydrogen) atoms. The Kier molecular flexibility index (Phi) is 5.64. The third-order valence-electron chi connectivity index (χ3n) is 4.80. The van der Waals surface area contributed by atoms with Crippen LogP contribution in [0.1, 0.15) is 16.7 Å². The van der Waals surface area contributed by atoms with Crippen molar-refractivity contribution >= 4 is 11.8 Å². The van der Waals surface area contributed by atoms with Crippen molar-refractivity contribution < 1.29 is 19.1 Å². The van der Waals surface area contributed by atoms with E-state index in [9.17, 15) is 9.59 Å². The minimum Gasteiger partial charge on any atom is -0.493 e. The van der Waals surface area contributed by atoms with Crippen LogP contribution in [0, 0.1) is 0 Å². The van der Waals surface area contributed by atoms with Gasteiger partial charge in [0.1, 0.15) is 0 Å². The molecule has 0 fully saturated rings. The van der Waals surface area contributed by atoms with Crippen LogP contribution in [0.2, 0.25) is 0 Å². The lowest BCUT2D eigenvalue weighted by molar-refractivity contribution is -0.151. The summed E-state index contributed by atoms with van der Waals surface area (Å²) in [7, 11) is 4.83. The maximum atomic E-state index is 12.7. The Morgan fingerprint density at radius 3 is 2.30 bits per heavy atom. The molecule has 0 unspecified atom stereocenters. The van der Waals surface area contributed by atoms with Gasteiger partial charge >= 0.3 is 11.8 Å². The number of methoxy groups -OCH3 is 2. The summed E-state index contributed by atoms with van der Waals surface area (Å²) in [5, 5.41) is 0. The highest BCUT2D eigenvalue weighted by molar-refractivity contribution is 6.34. The third kappa shape index (κ3) is 4.05. The van der Waals surface area contributed by atoms with E-state index in [1.807, 2.05) is 42.5 Å². The van der Waals surface area contributed by atoms with Crippen molar-refractivity contribution in [1.29, 1.82) is 0 Å². The zero-order chi connectivity index (χ0) is 19.4. The van der Waals surface area contributed by atoms with Crippen LogP contribution in [-0.4, -0.2) is 49.4 Å². The highest BCUT2D eigenvalue weighted by atomic mass is 16.5. The first-order chi connectivity index (χ1) is 13.0. The van der Waals surface area contributed by atoms with E-state index in [0.29, 0.717) is 37.6 Å². The van der Waals surface area contributed by atoms with Gasteiger partial charge in [-0.05, 0) is 35.2 Å². The Bertz CT molecular complexity index is 836. The summed E-state index contributed by atoms with van der Waals surface area (Å²) >= 11 is 0. The summed E-state index contributed by atoms with van der Waals surface area (Å²) in [6, 6.07) is 13.4. The van der Waals surface area contributed by atoms with Gasteiger partial charge in [0, 0.05) is 26.7 Å². The van der Waals surface area contributed by atoms with Gasteiger partial charge in [-0.25, -0.2) is 0 Å². The van der Waals surface area contributed by atoms with E-state index in [2.05, 4.69) is 0 Å². The number of ether oxygens (including phenoxy) is 2. The number of fused-ring (bicyclic) bond motifs is 1. The lowest BCUT2D eigenvalue weighted by Gasteiger charge is -2.30. The molecule has 2 amide bonds.